The molecular weight excluding hydrogens is 318 g/mol. The molecule has 1 aromatic heterocycles. The Morgan fingerprint density at radius 2 is 2.06 bits per heavy atom. The zero-order chi connectivity index (χ0) is 12.4. The van der Waals surface area contributed by atoms with E-state index in [0.717, 1.165) is 20.6 Å². The van der Waals surface area contributed by atoms with Gasteiger partial charge in [0.2, 0.25) is 0 Å². The van der Waals surface area contributed by atoms with Crippen molar-refractivity contribution in [2.75, 3.05) is 7.05 Å². The van der Waals surface area contributed by atoms with Crippen molar-refractivity contribution in [1.29, 1.82) is 0 Å². The van der Waals surface area contributed by atoms with Crippen molar-refractivity contribution in [2.24, 2.45) is 11.8 Å². The van der Waals surface area contributed by atoms with E-state index < -0.39 is 0 Å². The Morgan fingerprint density at radius 3 is 2.53 bits per heavy atom. The van der Waals surface area contributed by atoms with Gasteiger partial charge in [0, 0.05) is 10.9 Å². The van der Waals surface area contributed by atoms with Gasteiger partial charge >= 0.3 is 0 Å². The fourth-order valence-electron chi connectivity index (χ4n) is 2.75. The predicted octanol–water partition coefficient (Wildman–Crippen LogP) is 5.25. The van der Waals surface area contributed by atoms with Crippen LogP contribution in [0, 0.1) is 11.8 Å². The molecule has 1 N–H and O–H groups in total. The third kappa shape index (κ3) is 3.25. The van der Waals surface area contributed by atoms with Crippen LogP contribution in [0.5, 0.6) is 0 Å². The van der Waals surface area contributed by atoms with Gasteiger partial charge in [0.05, 0.1) is 8.81 Å². The minimum atomic E-state index is 0.469. The van der Waals surface area contributed by atoms with Crippen LogP contribution in [-0.2, 0) is 0 Å². The predicted molar refractivity (Wildman–Crippen MR) is 80.0 cm³/mol. The van der Waals surface area contributed by atoms with Crippen molar-refractivity contribution in [2.45, 2.75) is 38.6 Å². The van der Waals surface area contributed by atoms with Crippen molar-refractivity contribution in [3.05, 3.63) is 19.8 Å². The van der Waals surface area contributed by atoms with Gasteiger partial charge in [0.1, 0.15) is 0 Å². The van der Waals surface area contributed by atoms with Crippen LogP contribution in [0.2, 0.25) is 5.02 Å². The van der Waals surface area contributed by atoms with Crippen molar-refractivity contribution >= 4 is 38.9 Å². The minimum Gasteiger partial charge on any atom is -0.312 e. The summed E-state index contributed by atoms with van der Waals surface area (Å²) in [5, 5.41) is 4.32. The highest BCUT2D eigenvalue weighted by molar-refractivity contribution is 9.11. The van der Waals surface area contributed by atoms with Crippen molar-refractivity contribution < 1.29 is 0 Å². The summed E-state index contributed by atoms with van der Waals surface area (Å²) in [6.45, 7) is 2.36. The molecule has 1 atom stereocenters. The smallest absolute Gasteiger partial charge is 0.0887 e. The zero-order valence-corrected chi connectivity index (χ0v) is 13.5. The molecule has 17 heavy (non-hydrogen) atoms. The second kappa shape index (κ2) is 6.05. The van der Waals surface area contributed by atoms with E-state index >= 15 is 0 Å². The van der Waals surface area contributed by atoms with Crippen LogP contribution >= 0.6 is 38.9 Å². The molecule has 1 unspecified atom stereocenters. The fraction of sp³-hybridized carbons (Fsp3) is 0.692. The maximum absolute atomic E-state index is 6.13. The highest BCUT2D eigenvalue weighted by atomic mass is 79.9. The first-order valence-electron chi connectivity index (χ1n) is 6.23. The Balaban J connectivity index is 2.10. The van der Waals surface area contributed by atoms with E-state index in [1.165, 1.54) is 30.6 Å². The van der Waals surface area contributed by atoms with Gasteiger partial charge in [-0.1, -0.05) is 31.4 Å². The maximum atomic E-state index is 6.13. The zero-order valence-electron chi connectivity index (χ0n) is 10.3. The average Bonchev–Trinajstić information content (AvgIpc) is 2.63. The largest absolute Gasteiger partial charge is 0.312 e. The Bertz CT molecular complexity index is 352. The quantitative estimate of drug-likeness (QED) is 0.794. The molecule has 2 rings (SSSR count). The van der Waals surface area contributed by atoms with Crippen LogP contribution in [0.1, 0.15) is 43.5 Å². The van der Waals surface area contributed by atoms with Crippen molar-refractivity contribution in [3.8, 4) is 0 Å². The highest BCUT2D eigenvalue weighted by Gasteiger charge is 2.27. The molecule has 0 amide bonds. The lowest BCUT2D eigenvalue weighted by Gasteiger charge is -2.32. The van der Waals surface area contributed by atoms with Crippen LogP contribution in [0.4, 0.5) is 0 Å². The molecular formula is C13H19BrClNS. The molecule has 0 bridgehead atoms. The van der Waals surface area contributed by atoms with E-state index in [9.17, 15) is 0 Å². The van der Waals surface area contributed by atoms with Crippen LogP contribution in [0.3, 0.4) is 0 Å². The summed E-state index contributed by atoms with van der Waals surface area (Å²) >= 11 is 11.4. The number of hydrogen-bond donors (Lipinski definition) is 1. The lowest BCUT2D eigenvalue weighted by molar-refractivity contribution is 0.240. The van der Waals surface area contributed by atoms with Crippen molar-refractivity contribution in [3.63, 3.8) is 0 Å². The minimum absolute atomic E-state index is 0.469. The molecule has 1 nitrogen and oxygen atoms in total. The average molecular weight is 337 g/mol. The number of nitrogens with one attached hydrogen (secondary N) is 1. The van der Waals surface area contributed by atoms with Gasteiger partial charge in [-0.2, -0.15) is 0 Å². The fourth-order valence-corrected chi connectivity index (χ4v) is 4.70. The number of rotatable bonds is 3. The van der Waals surface area contributed by atoms with E-state index in [0.29, 0.717) is 6.04 Å². The second-order valence-electron chi connectivity index (χ2n) is 5.06. The molecule has 1 aliphatic carbocycles. The lowest BCUT2D eigenvalue weighted by Crippen LogP contribution is -2.27. The molecule has 0 aliphatic heterocycles. The highest BCUT2D eigenvalue weighted by Crippen LogP contribution is 2.42. The van der Waals surface area contributed by atoms with E-state index in [1.54, 1.807) is 11.3 Å². The Kier molecular flexibility index (Phi) is 4.93. The number of hydrogen-bond acceptors (Lipinski definition) is 2. The van der Waals surface area contributed by atoms with Crippen LogP contribution < -0.4 is 5.32 Å². The molecule has 1 saturated carbocycles. The Morgan fingerprint density at radius 1 is 1.41 bits per heavy atom. The second-order valence-corrected chi connectivity index (χ2v) is 7.87. The van der Waals surface area contributed by atoms with Gasteiger partial charge < -0.3 is 5.32 Å². The Hall–Kier alpha value is 0.430. The number of halogens is 2. The van der Waals surface area contributed by atoms with Gasteiger partial charge in [-0.3, -0.25) is 0 Å². The van der Waals surface area contributed by atoms with Gasteiger partial charge in [0.15, 0.2) is 0 Å². The normalized spacial score (nSPS) is 27.1. The topological polar surface area (TPSA) is 12.0 Å². The molecule has 0 radical (unpaired) electrons. The third-order valence-corrected chi connectivity index (χ3v) is 6.37. The maximum Gasteiger partial charge on any atom is 0.0887 e. The van der Waals surface area contributed by atoms with E-state index in [-0.39, 0.29) is 0 Å². The van der Waals surface area contributed by atoms with Gasteiger partial charge in [-0.05, 0) is 53.7 Å². The van der Waals surface area contributed by atoms with Gasteiger partial charge in [0.25, 0.3) is 0 Å². The lowest BCUT2D eigenvalue weighted by atomic mass is 9.79. The molecule has 4 heteroatoms. The van der Waals surface area contributed by atoms with Crippen molar-refractivity contribution in [1.82, 2.24) is 5.32 Å². The summed E-state index contributed by atoms with van der Waals surface area (Å²) in [4.78, 5) is 1.36. The molecule has 1 aliphatic rings. The van der Waals surface area contributed by atoms with E-state index in [1.807, 2.05) is 0 Å². The number of thiophene rings is 1. The summed E-state index contributed by atoms with van der Waals surface area (Å²) in [6.07, 6.45) is 5.39. The summed E-state index contributed by atoms with van der Waals surface area (Å²) < 4.78 is 1.05. The van der Waals surface area contributed by atoms with E-state index in [4.69, 9.17) is 11.6 Å². The SMILES string of the molecule is CNC(c1cc(Cl)c(Br)s1)C1CCC(C)CC1. The molecule has 1 heterocycles. The molecule has 0 saturated heterocycles. The van der Waals surface area contributed by atoms with Gasteiger partial charge in [-0.25, -0.2) is 0 Å². The Labute approximate surface area is 121 Å². The van der Waals surface area contributed by atoms with Crippen LogP contribution in [0.15, 0.2) is 9.85 Å². The monoisotopic (exact) mass is 335 g/mol. The molecule has 0 aromatic carbocycles. The van der Waals surface area contributed by atoms with E-state index in [2.05, 4.69) is 41.3 Å². The van der Waals surface area contributed by atoms with Crippen LogP contribution in [-0.4, -0.2) is 7.05 Å². The molecule has 0 spiro atoms. The third-order valence-electron chi connectivity index (χ3n) is 3.81. The molecule has 96 valence electrons. The van der Waals surface area contributed by atoms with Crippen LogP contribution in [0.25, 0.3) is 0 Å². The standard InChI is InChI=1S/C13H19BrClNS/c1-8-3-5-9(6-4-8)12(16-2)11-7-10(15)13(14)17-11/h7-9,12,16H,3-6H2,1-2H3. The summed E-state index contributed by atoms with van der Waals surface area (Å²) in [5.41, 5.74) is 0. The molecule has 1 fully saturated rings. The van der Waals surface area contributed by atoms with Gasteiger partial charge in [-0.15, -0.1) is 11.3 Å². The summed E-state index contributed by atoms with van der Waals surface area (Å²) in [7, 11) is 2.06. The summed E-state index contributed by atoms with van der Waals surface area (Å²) in [6, 6.07) is 2.58. The first kappa shape index (κ1) is 13.9. The summed E-state index contributed by atoms with van der Waals surface area (Å²) in [5.74, 6) is 1.67. The molecule has 1 aromatic rings. The first-order chi connectivity index (χ1) is 8.11. The first-order valence-corrected chi connectivity index (χ1v) is 8.22.